The molecule has 19 heavy (non-hydrogen) atoms. The van der Waals surface area contributed by atoms with Crippen molar-refractivity contribution in [2.75, 3.05) is 18.4 Å². The van der Waals surface area contributed by atoms with Crippen LogP contribution in [-0.4, -0.2) is 24.7 Å². The van der Waals surface area contributed by atoms with Gasteiger partial charge in [-0.15, -0.1) is 12.4 Å². The first-order chi connectivity index (χ1) is 8.59. The van der Waals surface area contributed by atoms with E-state index in [1.807, 2.05) is 6.92 Å². The molecule has 106 valence electrons. The summed E-state index contributed by atoms with van der Waals surface area (Å²) >= 11 is 0. The van der Waals surface area contributed by atoms with Crippen molar-refractivity contribution in [3.05, 3.63) is 30.1 Å². The van der Waals surface area contributed by atoms with Crippen LogP contribution in [-0.2, 0) is 0 Å². The van der Waals surface area contributed by atoms with Crippen molar-refractivity contribution in [3.8, 4) is 0 Å². The molecule has 6 heteroatoms. The number of piperidine rings is 1. The molecule has 1 fully saturated rings. The van der Waals surface area contributed by atoms with E-state index in [-0.39, 0.29) is 29.7 Å². The maximum Gasteiger partial charge on any atom is 0.319 e. The lowest BCUT2D eigenvalue weighted by Crippen LogP contribution is -2.53. The summed E-state index contributed by atoms with van der Waals surface area (Å²) in [6.07, 6.45) is 1.75. The second-order valence-corrected chi connectivity index (χ2v) is 4.87. The quantitative estimate of drug-likeness (QED) is 0.783. The molecule has 1 aliphatic heterocycles. The number of carbonyl (C=O) groups is 1. The van der Waals surface area contributed by atoms with Crippen molar-refractivity contribution < 1.29 is 9.18 Å². The highest BCUT2D eigenvalue weighted by molar-refractivity contribution is 5.89. The van der Waals surface area contributed by atoms with Crippen LogP contribution in [0.25, 0.3) is 0 Å². The standard InChI is InChI=1S/C13H18FN3O.ClH/c1-13(6-8-15-9-7-13)17-12(18)16-11-5-3-2-4-10(11)14;/h2-5,15H,6-9H2,1H3,(H2,16,17,18);1H. The third-order valence-electron chi connectivity index (χ3n) is 3.24. The van der Waals surface area contributed by atoms with E-state index in [0.29, 0.717) is 0 Å². The third-order valence-corrected chi connectivity index (χ3v) is 3.24. The first-order valence-corrected chi connectivity index (χ1v) is 6.13. The number of carbonyl (C=O) groups excluding carboxylic acids is 1. The van der Waals surface area contributed by atoms with Crippen molar-refractivity contribution in [1.82, 2.24) is 10.6 Å². The molecule has 2 amide bonds. The predicted octanol–water partition coefficient (Wildman–Crippen LogP) is 2.51. The summed E-state index contributed by atoms with van der Waals surface area (Å²) in [5.74, 6) is -0.428. The van der Waals surface area contributed by atoms with E-state index in [9.17, 15) is 9.18 Å². The van der Waals surface area contributed by atoms with Crippen molar-refractivity contribution in [1.29, 1.82) is 0 Å². The largest absolute Gasteiger partial charge is 0.333 e. The SMILES string of the molecule is CC1(NC(=O)Nc2ccccc2F)CCNCC1.Cl. The maximum atomic E-state index is 13.4. The Morgan fingerprint density at radius 2 is 1.95 bits per heavy atom. The molecule has 0 radical (unpaired) electrons. The molecule has 0 atom stereocenters. The van der Waals surface area contributed by atoms with Gasteiger partial charge in [0.05, 0.1) is 5.69 Å². The number of urea groups is 1. The third kappa shape index (κ3) is 4.36. The van der Waals surface area contributed by atoms with Gasteiger partial charge in [0.15, 0.2) is 0 Å². The molecular weight excluding hydrogens is 269 g/mol. The molecule has 0 saturated carbocycles. The lowest BCUT2D eigenvalue weighted by atomic mass is 9.91. The number of benzene rings is 1. The van der Waals surface area contributed by atoms with Crippen LogP contribution in [0, 0.1) is 5.82 Å². The molecule has 0 bridgehead atoms. The number of para-hydroxylation sites is 1. The molecule has 0 spiro atoms. The van der Waals surface area contributed by atoms with Crippen LogP contribution in [0.4, 0.5) is 14.9 Å². The van der Waals surface area contributed by atoms with E-state index < -0.39 is 5.82 Å². The summed E-state index contributed by atoms with van der Waals surface area (Å²) in [6.45, 7) is 3.78. The Labute approximate surface area is 118 Å². The molecular formula is C13H19ClFN3O. The van der Waals surface area contributed by atoms with E-state index in [1.54, 1.807) is 18.2 Å². The van der Waals surface area contributed by atoms with Crippen LogP contribution in [0.5, 0.6) is 0 Å². The molecule has 0 aromatic heterocycles. The number of rotatable bonds is 2. The van der Waals surface area contributed by atoms with E-state index in [2.05, 4.69) is 16.0 Å². The van der Waals surface area contributed by atoms with Crippen LogP contribution in [0.1, 0.15) is 19.8 Å². The van der Waals surface area contributed by atoms with Gasteiger partial charge in [-0.1, -0.05) is 12.1 Å². The molecule has 1 aromatic carbocycles. The first kappa shape index (κ1) is 15.7. The van der Waals surface area contributed by atoms with Crippen molar-refractivity contribution >= 4 is 24.1 Å². The second kappa shape index (κ2) is 6.73. The monoisotopic (exact) mass is 287 g/mol. The lowest BCUT2D eigenvalue weighted by molar-refractivity contribution is 0.225. The van der Waals surface area contributed by atoms with Gasteiger partial charge in [-0.05, 0) is 45.0 Å². The average molecular weight is 288 g/mol. The number of nitrogens with one attached hydrogen (secondary N) is 3. The smallest absolute Gasteiger partial charge is 0.319 e. The number of hydrogen-bond acceptors (Lipinski definition) is 2. The highest BCUT2D eigenvalue weighted by Gasteiger charge is 2.28. The van der Waals surface area contributed by atoms with E-state index in [0.717, 1.165) is 25.9 Å². The van der Waals surface area contributed by atoms with Crippen molar-refractivity contribution in [2.24, 2.45) is 0 Å². The minimum Gasteiger partial charge on any atom is -0.333 e. The fourth-order valence-electron chi connectivity index (χ4n) is 2.09. The normalized spacial score (nSPS) is 17.2. The van der Waals surface area contributed by atoms with Crippen molar-refractivity contribution in [3.63, 3.8) is 0 Å². The minimum absolute atomic E-state index is 0. The zero-order valence-electron chi connectivity index (χ0n) is 10.8. The Kier molecular flexibility index (Phi) is 5.57. The van der Waals surface area contributed by atoms with Crippen LogP contribution in [0.15, 0.2) is 24.3 Å². The zero-order valence-corrected chi connectivity index (χ0v) is 11.6. The lowest BCUT2D eigenvalue weighted by Gasteiger charge is -2.34. The molecule has 3 N–H and O–H groups in total. The van der Waals surface area contributed by atoms with Gasteiger partial charge in [-0.2, -0.15) is 0 Å². The van der Waals surface area contributed by atoms with E-state index >= 15 is 0 Å². The van der Waals surface area contributed by atoms with Crippen LogP contribution in [0.2, 0.25) is 0 Å². The molecule has 4 nitrogen and oxygen atoms in total. The highest BCUT2D eigenvalue weighted by Crippen LogP contribution is 2.18. The fourth-order valence-corrected chi connectivity index (χ4v) is 2.09. The Morgan fingerprint density at radius 1 is 1.32 bits per heavy atom. The topological polar surface area (TPSA) is 53.2 Å². The molecule has 1 aliphatic rings. The molecule has 0 aliphatic carbocycles. The average Bonchev–Trinajstić information content (AvgIpc) is 2.32. The first-order valence-electron chi connectivity index (χ1n) is 6.13. The predicted molar refractivity (Wildman–Crippen MR) is 76.3 cm³/mol. The molecule has 0 unspecified atom stereocenters. The second-order valence-electron chi connectivity index (χ2n) is 4.87. The Morgan fingerprint density at radius 3 is 2.58 bits per heavy atom. The van der Waals surface area contributed by atoms with Crippen LogP contribution >= 0.6 is 12.4 Å². The molecule has 1 aromatic rings. The van der Waals surface area contributed by atoms with Gasteiger partial charge in [0.1, 0.15) is 5.82 Å². The summed E-state index contributed by atoms with van der Waals surface area (Å²) in [5, 5.41) is 8.69. The Bertz CT molecular complexity index is 436. The number of amides is 2. The zero-order chi connectivity index (χ0) is 13.0. The molecule has 1 saturated heterocycles. The number of hydrogen-bond donors (Lipinski definition) is 3. The summed E-state index contributed by atoms with van der Waals surface area (Å²) in [6, 6.07) is 5.78. The van der Waals surface area contributed by atoms with Crippen LogP contribution in [0.3, 0.4) is 0 Å². The Hall–Kier alpha value is -1.33. The summed E-state index contributed by atoms with van der Waals surface area (Å²) in [4.78, 5) is 11.8. The van der Waals surface area contributed by atoms with Crippen LogP contribution < -0.4 is 16.0 Å². The number of halogens is 2. The summed E-state index contributed by atoms with van der Waals surface area (Å²) in [5.41, 5.74) is -0.0202. The molecule has 2 rings (SSSR count). The summed E-state index contributed by atoms with van der Waals surface area (Å²) < 4.78 is 13.4. The summed E-state index contributed by atoms with van der Waals surface area (Å²) in [7, 11) is 0. The number of anilines is 1. The van der Waals surface area contributed by atoms with Crippen molar-refractivity contribution in [2.45, 2.75) is 25.3 Å². The van der Waals surface area contributed by atoms with E-state index in [1.165, 1.54) is 6.07 Å². The molecule has 1 heterocycles. The van der Waals surface area contributed by atoms with Gasteiger partial charge in [0.25, 0.3) is 0 Å². The highest BCUT2D eigenvalue weighted by atomic mass is 35.5. The van der Waals surface area contributed by atoms with Gasteiger partial charge in [-0.25, -0.2) is 9.18 Å². The fraction of sp³-hybridized carbons (Fsp3) is 0.462. The minimum atomic E-state index is -0.428. The van der Waals surface area contributed by atoms with Gasteiger partial charge in [-0.3, -0.25) is 0 Å². The van der Waals surface area contributed by atoms with Gasteiger partial charge >= 0.3 is 6.03 Å². The van der Waals surface area contributed by atoms with Gasteiger partial charge in [0.2, 0.25) is 0 Å². The van der Waals surface area contributed by atoms with Gasteiger partial charge < -0.3 is 16.0 Å². The van der Waals surface area contributed by atoms with Gasteiger partial charge in [0, 0.05) is 5.54 Å². The van der Waals surface area contributed by atoms with E-state index in [4.69, 9.17) is 0 Å². The Balaban J connectivity index is 0.00000180. The maximum absolute atomic E-state index is 13.4.